The maximum atomic E-state index is 12.5. The van der Waals surface area contributed by atoms with Gasteiger partial charge in [-0.15, -0.1) is 0 Å². The molecule has 0 bridgehead atoms. The molecule has 0 saturated carbocycles. The number of hydrogen-bond donors (Lipinski definition) is 1. The van der Waals surface area contributed by atoms with Crippen molar-refractivity contribution in [3.8, 4) is 5.75 Å². The highest BCUT2D eigenvalue weighted by atomic mass is 35.5. The van der Waals surface area contributed by atoms with Crippen molar-refractivity contribution in [1.82, 2.24) is 14.3 Å². The van der Waals surface area contributed by atoms with Gasteiger partial charge in [0.2, 0.25) is 10.0 Å². The number of aromatic nitrogens is 2. The number of rotatable bonds is 5. The minimum absolute atomic E-state index is 0.0488. The number of sulfonamides is 1. The predicted octanol–water partition coefficient (Wildman–Crippen LogP) is 2.74. The van der Waals surface area contributed by atoms with Crippen molar-refractivity contribution in [3.63, 3.8) is 0 Å². The average Bonchev–Trinajstić information content (AvgIpc) is 3.02. The van der Waals surface area contributed by atoms with E-state index in [4.69, 9.17) is 27.9 Å². The van der Waals surface area contributed by atoms with Crippen LogP contribution < -0.4 is 9.46 Å². The van der Waals surface area contributed by atoms with Gasteiger partial charge in [0.25, 0.3) is 0 Å². The van der Waals surface area contributed by atoms with Gasteiger partial charge in [0.15, 0.2) is 0 Å². The summed E-state index contributed by atoms with van der Waals surface area (Å²) in [4.78, 5) is 4.24. The summed E-state index contributed by atoms with van der Waals surface area (Å²) in [6.07, 6.45) is 5.34. The van der Waals surface area contributed by atoms with Crippen LogP contribution in [0.1, 0.15) is 12.2 Å². The van der Waals surface area contributed by atoms with E-state index in [9.17, 15) is 8.42 Å². The Kier molecular flexibility index (Phi) is 5.05. The van der Waals surface area contributed by atoms with Gasteiger partial charge in [-0.25, -0.2) is 18.1 Å². The number of halogens is 2. The van der Waals surface area contributed by atoms with E-state index in [0.717, 1.165) is 25.2 Å². The molecule has 1 aromatic carbocycles. The quantitative estimate of drug-likeness (QED) is 0.852. The molecule has 0 unspecified atom stereocenters. The molecule has 9 heteroatoms. The first kappa shape index (κ1) is 17.5. The van der Waals surface area contributed by atoms with Crippen LogP contribution in [0.4, 0.5) is 0 Å². The summed E-state index contributed by atoms with van der Waals surface area (Å²) in [6, 6.07) is 2.70. The lowest BCUT2D eigenvalue weighted by atomic mass is 9.98. The highest BCUT2D eigenvalue weighted by Gasteiger charge is 2.24. The molecule has 1 atom stereocenters. The highest BCUT2D eigenvalue weighted by molar-refractivity contribution is 7.89. The number of methoxy groups -OCH3 is 1. The number of aryl methyl sites for hydroxylation is 1. The van der Waals surface area contributed by atoms with Crippen LogP contribution in [0.15, 0.2) is 29.4 Å². The third kappa shape index (κ3) is 3.54. The zero-order valence-corrected chi connectivity index (χ0v) is 15.3. The lowest BCUT2D eigenvalue weighted by Gasteiger charge is -2.23. The zero-order valence-electron chi connectivity index (χ0n) is 13.0. The van der Waals surface area contributed by atoms with Crippen molar-refractivity contribution in [2.45, 2.75) is 24.3 Å². The van der Waals surface area contributed by atoms with E-state index in [-0.39, 0.29) is 20.9 Å². The molecule has 1 aliphatic heterocycles. The molecule has 2 aromatic rings. The van der Waals surface area contributed by atoms with Gasteiger partial charge in [0.05, 0.1) is 17.2 Å². The summed E-state index contributed by atoms with van der Waals surface area (Å²) in [5, 5.41) is 0.268. The molecule has 2 heterocycles. The van der Waals surface area contributed by atoms with Gasteiger partial charge in [0, 0.05) is 38.0 Å². The van der Waals surface area contributed by atoms with Crippen LogP contribution in [0.2, 0.25) is 10.0 Å². The van der Waals surface area contributed by atoms with Gasteiger partial charge in [-0.2, -0.15) is 0 Å². The number of imidazole rings is 1. The zero-order chi connectivity index (χ0) is 17.3. The van der Waals surface area contributed by atoms with Crippen LogP contribution in [0.5, 0.6) is 5.75 Å². The molecule has 1 aromatic heterocycles. The first-order valence-electron chi connectivity index (χ1n) is 7.43. The van der Waals surface area contributed by atoms with Crippen molar-refractivity contribution < 1.29 is 13.2 Å². The SMILES string of the molecule is COc1cc(Cl)c(S(=O)(=O)NC[C@H]2CCn3ccnc3C2)cc1Cl. The number of hydrogen-bond acceptors (Lipinski definition) is 4. The molecule has 0 saturated heterocycles. The van der Waals surface area contributed by atoms with E-state index in [0.29, 0.717) is 12.3 Å². The second kappa shape index (κ2) is 6.92. The molecule has 1 aliphatic rings. The summed E-state index contributed by atoms with van der Waals surface area (Å²) < 4.78 is 34.8. The second-order valence-corrected chi connectivity index (χ2v) is 8.21. The Balaban J connectivity index is 1.72. The maximum absolute atomic E-state index is 12.5. The fraction of sp³-hybridized carbons (Fsp3) is 0.400. The van der Waals surface area contributed by atoms with Crippen molar-refractivity contribution in [2.75, 3.05) is 13.7 Å². The van der Waals surface area contributed by atoms with E-state index >= 15 is 0 Å². The van der Waals surface area contributed by atoms with Crippen LogP contribution >= 0.6 is 23.2 Å². The smallest absolute Gasteiger partial charge is 0.242 e. The Morgan fingerprint density at radius 2 is 2.17 bits per heavy atom. The lowest BCUT2D eigenvalue weighted by molar-refractivity contribution is 0.379. The van der Waals surface area contributed by atoms with Crippen LogP contribution in [0.3, 0.4) is 0 Å². The number of nitrogens with one attached hydrogen (secondary N) is 1. The van der Waals surface area contributed by atoms with Gasteiger partial charge >= 0.3 is 0 Å². The van der Waals surface area contributed by atoms with Crippen molar-refractivity contribution in [2.24, 2.45) is 5.92 Å². The van der Waals surface area contributed by atoms with Crippen LogP contribution in [0, 0.1) is 5.92 Å². The van der Waals surface area contributed by atoms with E-state index < -0.39 is 10.0 Å². The molecular formula is C15H17Cl2N3O3S. The molecule has 0 spiro atoms. The maximum Gasteiger partial charge on any atom is 0.242 e. The fourth-order valence-electron chi connectivity index (χ4n) is 2.77. The Morgan fingerprint density at radius 3 is 2.92 bits per heavy atom. The predicted molar refractivity (Wildman–Crippen MR) is 92.2 cm³/mol. The molecule has 0 fully saturated rings. The second-order valence-electron chi connectivity index (χ2n) is 5.66. The minimum Gasteiger partial charge on any atom is -0.495 e. The summed E-state index contributed by atoms with van der Waals surface area (Å²) >= 11 is 12.1. The summed E-state index contributed by atoms with van der Waals surface area (Å²) in [7, 11) is -2.31. The van der Waals surface area contributed by atoms with Gasteiger partial charge in [-0.1, -0.05) is 23.2 Å². The van der Waals surface area contributed by atoms with Crippen molar-refractivity contribution >= 4 is 33.2 Å². The van der Waals surface area contributed by atoms with E-state index in [1.165, 1.54) is 19.2 Å². The number of benzene rings is 1. The van der Waals surface area contributed by atoms with Gasteiger partial charge in [0.1, 0.15) is 16.5 Å². The summed E-state index contributed by atoms with van der Waals surface area (Å²) in [6.45, 7) is 1.17. The van der Waals surface area contributed by atoms with Gasteiger partial charge in [-0.05, 0) is 18.4 Å². The van der Waals surface area contributed by atoms with E-state index in [1.54, 1.807) is 6.20 Å². The first-order chi connectivity index (χ1) is 11.4. The highest BCUT2D eigenvalue weighted by Crippen LogP contribution is 2.33. The normalized spacial score (nSPS) is 17.5. The number of ether oxygens (including phenoxy) is 1. The topological polar surface area (TPSA) is 73.2 Å². The average molecular weight is 390 g/mol. The van der Waals surface area contributed by atoms with E-state index in [1.807, 2.05) is 6.20 Å². The largest absolute Gasteiger partial charge is 0.495 e. The molecular weight excluding hydrogens is 373 g/mol. The molecule has 0 radical (unpaired) electrons. The first-order valence-corrected chi connectivity index (χ1v) is 9.67. The Morgan fingerprint density at radius 1 is 1.38 bits per heavy atom. The van der Waals surface area contributed by atoms with Crippen molar-refractivity contribution in [1.29, 1.82) is 0 Å². The Bertz CT molecular complexity index is 852. The van der Waals surface area contributed by atoms with Crippen molar-refractivity contribution in [3.05, 3.63) is 40.4 Å². The number of fused-ring (bicyclic) bond motifs is 1. The molecule has 130 valence electrons. The Hall–Kier alpha value is -1.28. The fourth-order valence-corrected chi connectivity index (χ4v) is 4.73. The standard InChI is InChI=1S/C15H17Cl2N3O3S/c1-23-13-7-12(17)14(8-11(13)16)24(21,22)19-9-10-2-4-20-5-3-18-15(20)6-10/h3,5,7-8,10,19H,2,4,6,9H2,1H3/t10-/m0/s1. The third-order valence-corrected chi connectivity index (χ3v) is 6.29. The molecule has 1 N–H and O–H groups in total. The third-order valence-electron chi connectivity index (χ3n) is 4.11. The van der Waals surface area contributed by atoms with E-state index in [2.05, 4.69) is 14.3 Å². The molecule has 0 aliphatic carbocycles. The molecule has 3 rings (SSSR count). The Labute approximate surface area is 150 Å². The minimum atomic E-state index is -3.75. The summed E-state index contributed by atoms with van der Waals surface area (Å²) in [5.41, 5.74) is 0. The summed E-state index contributed by atoms with van der Waals surface area (Å²) in [5.74, 6) is 1.51. The number of nitrogens with zero attached hydrogens (tertiary/aromatic N) is 2. The molecule has 0 amide bonds. The van der Waals surface area contributed by atoms with Crippen LogP contribution in [-0.2, 0) is 23.0 Å². The van der Waals surface area contributed by atoms with Gasteiger partial charge in [-0.3, -0.25) is 0 Å². The van der Waals surface area contributed by atoms with Crippen LogP contribution in [-0.4, -0.2) is 31.6 Å². The van der Waals surface area contributed by atoms with Crippen LogP contribution in [0.25, 0.3) is 0 Å². The molecule has 24 heavy (non-hydrogen) atoms. The lowest BCUT2D eigenvalue weighted by Crippen LogP contribution is -2.33. The monoisotopic (exact) mass is 389 g/mol. The van der Waals surface area contributed by atoms with Gasteiger partial charge < -0.3 is 9.30 Å². The molecule has 6 nitrogen and oxygen atoms in total.